The largest absolute Gasteiger partial charge is 0.358 e. The van der Waals surface area contributed by atoms with Crippen LogP contribution in [0.1, 0.15) is 58.3 Å². The average Bonchev–Trinajstić information content (AvgIpc) is 3.19. The molecule has 0 amide bonds. The third-order valence-corrected chi connectivity index (χ3v) is 8.32. The van der Waals surface area contributed by atoms with Gasteiger partial charge in [-0.1, -0.05) is 13.0 Å². The van der Waals surface area contributed by atoms with Crippen LogP contribution in [-0.4, -0.2) is 37.0 Å². The zero-order valence-electron chi connectivity index (χ0n) is 15.0. The van der Waals surface area contributed by atoms with Crippen LogP contribution in [0.25, 0.3) is 0 Å². The molecule has 0 aromatic carbocycles. The zero-order chi connectivity index (χ0) is 16.8. The van der Waals surface area contributed by atoms with E-state index in [2.05, 4.69) is 13.0 Å². The van der Waals surface area contributed by atoms with Gasteiger partial charge in [0.1, 0.15) is 17.0 Å². The predicted molar refractivity (Wildman–Crippen MR) is 88.4 cm³/mol. The molecule has 4 fully saturated rings. The Labute approximate surface area is 143 Å². The molecule has 4 aliphatic carbocycles. The zero-order valence-corrected chi connectivity index (χ0v) is 15.0. The molecule has 1 unspecified atom stereocenters. The van der Waals surface area contributed by atoms with Crippen molar-refractivity contribution < 1.29 is 19.0 Å². The van der Waals surface area contributed by atoms with Crippen molar-refractivity contribution in [2.75, 3.05) is 14.2 Å². The van der Waals surface area contributed by atoms with E-state index in [0.717, 1.165) is 51.4 Å². The summed E-state index contributed by atoms with van der Waals surface area (Å²) in [7, 11) is 3.49. The molecule has 0 N–H and O–H groups in total. The summed E-state index contributed by atoms with van der Waals surface area (Å²) in [6.07, 6.45) is 10.0. The summed E-state index contributed by atoms with van der Waals surface area (Å²) in [5, 5.41) is 0. The Balaban J connectivity index is 1.50. The fourth-order valence-corrected chi connectivity index (χ4v) is 6.80. The summed E-state index contributed by atoms with van der Waals surface area (Å²) >= 11 is 0. The number of fused-ring (bicyclic) bond motifs is 3. The molecule has 4 heteroatoms. The highest BCUT2D eigenvalue weighted by atomic mass is 16.7. The minimum Gasteiger partial charge on any atom is -0.358 e. The van der Waals surface area contributed by atoms with Crippen LogP contribution in [0.15, 0.2) is 11.6 Å². The highest BCUT2D eigenvalue weighted by Crippen LogP contribution is 2.72. The molecule has 5 rings (SSSR count). The number of carbonyl (C=O) groups excluding carboxylic acids is 1. The smallest absolute Gasteiger partial charge is 0.170 e. The Kier molecular flexibility index (Phi) is 2.92. The van der Waals surface area contributed by atoms with Crippen molar-refractivity contribution in [2.45, 2.75) is 75.3 Å². The van der Waals surface area contributed by atoms with E-state index >= 15 is 0 Å². The highest BCUT2D eigenvalue weighted by Gasteiger charge is 2.78. The maximum absolute atomic E-state index is 12.4. The molecule has 1 saturated heterocycles. The first kappa shape index (κ1) is 15.5. The van der Waals surface area contributed by atoms with E-state index in [1.54, 1.807) is 14.2 Å². The van der Waals surface area contributed by atoms with Crippen LogP contribution in [0, 0.1) is 17.3 Å². The van der Waals surface area contributed by atoms with Gasteiger partial charge in [-0.25, -0.2) is 0 Å². The van der Waals surface area contributed by atoms with Crippen LogP contribution in [-0.2, 0) is 19.0 Å². The SMILES string of the molecule is COC1(OC)CCC23O[C@]2(CC[C@@H]2C3=CC[C@]3(C)C(=O)CC[C@@H]23)C1. The number of hydrogen-bond donors (Lipinski definition) is 0. The lowest BCUT2D eigenvalue weighted by Gasteiger charge is -2.49. The van der Waals surface area contributed by atoms with Gasteiger partial charge in [0, 0.05) is 38.9 Å². The number of Topliss-reactive ketones (excluding diaryl/α,β-unsaturated/α-hetero) is 1. The minimum absolute atomic E-state index is 0.0799. The lowest BCUT2D eigenvalue weighted by molar-refractivity contribution is -0.229. The second-order valence-corrected chi connectivity index (χ2v) is 8.91. The van der Waals surface area contributed by atoms with E-state index in [9.17, 15) is 4.79 Å². The second kappa shape index (κ2) is 4.52. The van der Waals surface area contributed by atoms with Gasteiger partial charge in [-0.15, -0.1) is 0 Å². The highest BCUT2D eigenvalue weighted by molar-refractivity contribution is 5.87. The summed E-state index contributed by atoms with van der Waals surface area (Å²) in [6, 6.07) is 0. The van der Waals surface area contributed by atoms with Crippen LogP contribution in [0.2, 0.25) is 0 Å². The van der Waals surface area contributed by atoms with E-state index in [1.165, 1.54) is 5.57 Å². The molecule has 0 aromatic heterocycles. The minimum atomic E-state index is -0.486. The molecular weight excluding hydrogens is 304 g/mol. The van der Waals surface area contributed by atoms with Gasteiger partial charge in [0.15, 0.2) is 5.79 Å². The predicted octanol–water partition coefficient (Wildman–Crippen LogP) is 3.39. The number of methoxy groups -OCH3 is 2. The summed E-state index contributed by atoms with van der Waals surface area (Å²) in [5.41, 5.74) is 1.24. The van der Waals surface area contributed by atoms with Crippen LogP contribution in [0.3, 0.4) is 0 Å². The molecule has 3 saturated carbocycles. The van der Waals surface area contributed by atoms with Crippen LogP contribution < -0.4 is 0 Å². The van der Waals surface area contributed by atoms with Gasteiger partial charge < -0.3 is 14.2 Å². The van der Waals surface area contributed by atoms with E-state index in [4.69, 9.17) is 14.2 Å². The molecule has 0 bridgehead atoms. The van der Waals surface area contributed by atoms with Crippen molar-refractivity contribution in [1.82, 2.24) is 0 Å². The number of rotatable bonds is 2. The molecule has 5 aliphatic rings. The maximum Gasteiger partial charge on any atom is 0.170 e. The molecule has 0 aromatic rings. The Morgan fingerprint density at radius 1 is 1.17 bits per heavy atom. The molecule has 1 aliphatic heterocycles. The number of epoxide rings is 1. The van der Waals surface area contributed by atoms with Crippen LogP contribution in [0.4, 0.5) is 0 Å². The lowest BCUT2D eigenvalue weighted by atomic mass is 9.54. The van der Waals surface area contributed by atoms with Gasteiger partial charge in [-0.3, -0.25) is 4.79 Å². The normalized spacial score (nSPS) is 51.1. The number of ether oxygens (including phenoxy) is 3. The summed E-state index contributed by atoms with van der Waals surface area (Å²) in [5.74, 6) is 1.07. The topological polar surface area (TPSA) is 48.1 Å². The van der Waals surface area contributed by atoms with E-state index < -0.39 is 5.79 Å². The summed E-state index contributed by atoms with van der Waals surface area (Å²) in [6.45, 7) is 2.20. The second-order valence-electron chi connectivity index (χ2n) is 8.91. The molecule has 5 atom stereocenters. The molecule has 4 nitrogen and oxygen atoms in total. The maximum atomic E-state index is 12.4. The molecule has 0 spiro atoms. The van der Waals surface area contributed by atoms with Gasteiger partial charge in [0.2, 0.25) is 0 Å². The van der Waals surface area contributed by atoms with Gasteiger partial charge >= 0.3 is 0 Å². The first-order valence-corrected chi connectivity index (χ1v) is 9.49. The first-order valence-electron chi connectivity index (χ1n) is 9.49. The first-order chi connectivity index (χ1) is 11.4. The van der Waals surface area contributed by atoms with Crippen molar-refractivity contribution in [3.8, 4) is 0 Å². The fraction of sp³-hybridized carbons (Fsp3) is 0.850. The van der Waals surface area contributed by atoms with Crippen molar-refractivity contribution in [3.63, 3.8) is 0 Å². The van der Waals surface area contributed by atoms with E-state index in [-0.39, 0.29) is 16.6 Å². The van der Waals surface area contributed by atoms with Crippen molar-refractivity contribution in [3.05, 3.63) is 11.6 Å². The van der Waals surface area contributed by atoms with Crippen molar-refractivity contribution >= 4 is 5.78 Å². The van der Waals surface area contributed by atoms with Crippen molar-refractivity contribution in [1.29, 1.82) is 0 Å². The average molecular weight is 332 g/mol. The standard InChI is InChI=1S/C20H28O4/c1-17-8-7-15-13(14(17)4-5-16(17)21)6-9-18-12-19(22-2,23-3)10-11-20(15,18)24-18/h7,13-14H,4-6,8-12H2,1-3H3/t13-,14-,17-,18+,20?/m0/s1. The number of allylic oxidation sites excluding steroid dienone is 1. The molecule has 0 radical (unpaired) electrons. The number of ketones is 1. The van der Waals surface area contributed by atoms with Gasteiger partial charge in [0.25, 0.3) is 0 Å². The van der Waals surface area contributed by atoms with Gasteiger partial charge in [0.05, 0.1) is 0 Å². The number of carbonyl (C=O) groups is 1. The molecular formula is C20H28O4. The van der Waals surface area contributed by atoms with Gasteiger partial charge in [-0.2, -0.15) is 0 Å². The molecule has 1 heterocycles. The Hall–Kier alpha value is -0.710. The lowest BCUT2D eigenvalue weighted by Crippen LogP contribution is -2.52. The van der Waals surface area contributed by atoms with Crippen LogP contribution in [0.5, 0.6) is 0 Å². The summed E-state index contributed by atoms with van der Waals surface area (Å²) in [4.78, 5) is 12.4. The number of hydrogen-bond acceptors (Lipinski definition) is 4. The third-order valence-electron chi connectivity index (χ3n) is 8.32. The van der Waals surface area contributed by atoms with Gasteiger partial charge in [-0.05, 0) is 49.5 Å². The van der Waals surface area contributed by atoms with E-state index in [1.807, 2.05) is 0 Å². The summed E-state index contributed by atoms with van der Waals surface area (Å²) < 4.78 is 18.0. The quantitative estimate of drug-likeness (QED) is 0.442. The Morgan fingerprint density at radius 2 is 1.96 bits per heavy atom. The Morgan fingerprint density at radius 3 is 2.71 bits per heavy atom. The molecule has 132 valence electrons. The fourth-order valence-electron chi connectivity index (χ4n) is 6.80. The van der Waals surface area contributed by atoms with E-state index in [0.29, 0.717) is 17.6 Å². The molecule has 24 heavy (non-hydrogen) atoms. The Bertz CT molecular complexity index is 636. The van der Waals surface area contributed by atoms with Crippen molar-refractivity contribution in [2.24, 2.45) is 17.3 Å². The third kappa shape index (κ3) is 1.59. The van der Waals surface area contributed by atoms with Crippen LogP contribution >= 0.6 is 0 Å². The monoisotopic (exact) mass is 332 g/mol.